The Labute approximate surface area is 193 Å². The zero-order valence-electron chi connectivity index (χ0n) is 17.8. The molecule has 166 valence electrons. The lowest BCUT2D eigenvalue weighted by Gasteiger charge is -2.19. The fourth-order valence-corrected chi connectivity index (χ4v) is 3.28. The summed E-state index contributed by atoms with van der Waals surface area (Å²) in [6.45, 7) is 9.02. The molecule has 9 heteroatoms. The Morgan fingerprint density at radius 2 is 2.03 bits per heavy atom. The van der Waals surface area contributed by atoms with Crippen LogP contribution in [0, 0.1) is 17.6 Å². The van der Waals surface area contributed by atoms with Crippen molar-refractivity contribution in [3.05, 3.63) is 47.7 Å². The Kier molecular flexibility index (Phi) is 8.45. The van der Waals surface area contributed by atoms with E-state index in [4.69, 9.17) is 4.42 Å². The van der Waals surface area contributed by atoms with Crippen molar-refractivity contribution in [1.82, 2.24) is 15.6 Å². The minimum atomic E-state index is -0.818. The zero-order chi connectivity index (χ0) is 21.0. The van der Waals surface area contributed by atoms with Crippen molar-refractivity contribution < 1.29 is 13.2 Å². The first-order chi connectivity index (χ1) is 13.8. The predicted molar refractivity (Wildman–Crippen MR) is 125 cm³/mol. The molecular weight excluding hydrogens is 503 g/mol. The molecule has 0 radical (unpaired) electrons. The fraction of sp³-hybridized carbons (Fsp3) is 0.524. The lowest BCUT2D eigenvalue weighted by atomic mass is 9.94. The van der Waals surface area contributed by atoms with E-state index in [-0.39, 0.29) is 29.4 Å². The molecule has 0 saturated carbocycles. The van der Waals surface area contributed by atoms with E-state index in [2.05, 4.69) is 46.3 Å². The number of hydrogen-bond donors (Lipinski definition) is 2. The molecule has 3 rings (SSSR count). The van der Waals surface area contributed by atoms with Crippen LogP contribution in [0.3, 0.4) is 0 Å². The molecule has 1 unspecified atom stereocenters. The maximum atomic E-state index is 13.5. The number of anilines is 1. The molecule has 1 aliphatic rings. The predicted octanol–water partition coefficient (Wildman–Crippen LogP) is 4.06. The van der Waals surface area contributed by atoms with Crippen molar-refractivity contribution >= 4 is 35.6 Å². The van der Waals surface area contributed by atoms with Gasteiger partial charge in [0, 0.05) is 43.9 Å². The molecule has 2 heterocycles. The van der Waals surface area contributed by atoms with Gasteiger partial charge in [-0.1, -0.05) is 20.8 Å². The molecule has 0 spiro atoms. The molecule has 0 amide bonds. The van der Waals surface area contributed by atoms with Crippen molar-refractivity contribution in [2.75, 3.05) is 31.6 Å². The summed E-state index contributed by atoms with van der Waals surface area (Å²) in [6, 6.07) is 4.06. The van der Waals surface area contributed by atoms with Crippen molar-refractivity contribution in [2.24, 2.45) is 10.9 Å². The molecule has 0 bridgehead atoms. The zero-order valence-corrected chi connectivity index (χ0v) is 20.2. The third kappa shape index (κ3) is 6.29. The molecule has 1 aromatic carbocycles. The SMILES string of the molecule is CN=C(NCc1ncc(C(C)(C)C)o1)NCC1CCN(c2ccc(F)c(F)c2)C1.I. The van der Waals surface area contributed by atoms with Crippen LogP contribution in [0.4, 0.5) is 14.5 Å². The first-order valence-corrected chi connectivity index (χ1v) is 9.86. The molecule has 2 aromatic rings. The van der Waals surface area contributed by atoms with Crippen LogP contribution < -0.4 is 15.5 Å². The van der Waals surface area contributed by atoms with Crippen LogP contribution in [0.5, 0.6) is 0 Å². The normalized spacial score (nSPS) is 17.1. The van der Waals surface area contributed by atoms with Gasteiger partial charge in [0.05, 0.1) is 12.7 Å². The van der Waals surface area contributed by atoms with Crippen LogP contribution in [-0.2, 0) is 12.0 Å². The highest BCUT2D eigenvalue weighted by atomic mass is 127. The van der Waals surface area contributed by atoms with Gasteiger partial charge in [0.1, 0.15) is 5.76 Å². The average molecular weight is 533 g/mol. The van der Waals surface area contributed by atoms with Gasteiger partial charge in [-0.15, -0.1) is 24.0 Å². The van der Waals surface area contributed by atoms with E-state index in [1.807, 2.05) is 0 Å². The summed E-state index contributed by atoms with van der Waals surface area (Å²) in [7, 11) is 1.72. The van der Waals surface area contributed by atoms with Crippen LogP contribution in [0.1, 0.15) is 38.8 Å². The molecule has 2 N–H and O–H groups in total. The summed E-state index contributed by atoms with van der Waals surface area (Å²) in [5, 5.41) is 6.53. The summed E-state index contributed by atoms with van der Waals surface area (Å²) in [6.07, 6.45) is 2.73. The van der Waals surface area contributed by atoms with Gasteiger partial charge >= 0.3 is 0 Å². The Morgan fingerprint density at radius 3 is 2.67 bits per heavy atom. The van der Waals surface area contributed by atoms with Crippen LogP contribution in [-0.4, -0.2) is 37.6 Å². The summed E-state index contributed by atoms with van der Waals surface area (Å²) < 4.78 is 32.4. The molecule has 1 aromatic heterocycles. The van der Waals surface area contributed by atoms with Gasteiger partial charge in [0.2, 0.25) is 5.89 Å². The number of rotatable bonds is 5. The van der Waals surface area contributed by atoms with E-state index < -0.39 is 11.6 Å². The molecule has 6 nitrogen and oxygen atoms in total. The van der Waals surface area contributed by atoms with Gasteiger partial charge in [-0.3, -0.25) is 4.99 Å². The number of aromatic nitrogens is 1. The van der Waals surface area contributed by atoms with Crippen molar-refractivity contribution in [3.63, 3.8) is 0 Å². The second-order valence-electron chi connectivity index (χ2n) is 8.37. The van der Waals surface area contributed by atoms with E-state index in [1.54, 1.807) is 19.3 Å². The standard InChI is InChI=1S/C21H29F2N5O.HI/c1-21(2,3)18-11-25-19(29-18)12-27-20(24-4)26-10-14-7-8-28(13-14)15-5-6-16(22)17(23)9-15;/h5-6,9,11,14H,7-8,10,12-13H2,1-4H3,(H2,24,26,27);1H. The molecule has 1 fully saturated rings. The summed E-state index contributed by atoms with van der Waals surface area (Å²) >= 11 is 0. The Morgan fingerprint density at radius 1 is 1.27 bits per heavy atom. The van der Waals surface area contributed by atoms with E-state index in [0.717, 1.165) is 31.8 Å². The summed E-state index contributed by atoms with van der Waals surface area (Å²) in [5.74, 6) is 0.892. The molecular formula is C21H30F2IN5O. The summed E-state index contributed by atoms with van der Waals surface area (Å²) in [5.41, 5.74) is 0.639. The van der Waals surface area contributed by atoms with Crippen LogP contribution in [0.15, 0.2) is 33.8 Å². The van der Waals surface area contributed by atoms with Crippen LogP contribution in [0.25, 0.3) is 0 Å². The molecule has 0 aliphatic carbocycles. The second kappa shape index (κ2) is 10.4. The smallest absolute Gasteiger partial charge is 0.213 e. The molecule has 1 atom stereocenters. The third-order valence-electron chi connectivity index (χ3n) is 5.04. The maximum absolute atomic E-state index is 13.5. The monoisotopic (exact) mass is 533 g/mol. The van der Waals surface area contributed by atoms with E-state index >= 15 is 0 Å². The number of benzene rings is 1. The highest BCUT2D eigenvalue weighted by molar-refractivity contribution is 14.0. The number of halogens is 3. The van der Waals surface area contributed by atoms with Crippen molar-refractivity contribution in [1.29, 1.82) is 0 Å². The minimum absolute atomic E-state index is 0. The van der Waals surface area contributed by atoms with Crippen LogP contribution in [0.2, 0.25) is 0 Å². The van der Waals surface area contributed by atoms with Crippen molar-refractivity contribution in [2.45, 2.75) is 39.2 Å². The Balaban J connectivity index is 0.00000320. The molecule has 1 aliphatic heterocycles. The quantitative estimate of drug-likeness (QED) is 0.345. The highest BCUT2D eigenvalue weighted by Crippen LogP contribution is 2.25. The minimum Gasteiger partial charge on any atom is -0.443 e. The fourth-order valence-electron chi connectivity index (χ4n) is 3.28. The Bertz CT molecular complexity index is 865. The van der Waals surface area contributed by atoms with E-state index in [1.165, 1.54) is 12.1 Å². The van der Waals surface area contributed by atoms with Gasteiger partial charge in [-0.05, 0) is 24.5 Å². The van der Waals surface area contributed by atoms with Gasteiger partial charge in [0.25, 0.3) is 0 Å². The van der Waals surface area contributed by atoms with Gasteiger partial charge in [-0.25, -0.2) is 13.8 Å². The average Bonchev–Trinajstić information content (AvgIpc) is 3.33. The Hall–Kier alpha value is -1.91. The number of aliphatic imine (C=N–C) groups is 1. The highest BCUT2D eigenvalue weighted by Gasteiger charge is 2.24. The second-order valence-corrected chi connectivity index (χ2v) is 8.37. The van der Waals surface area contributed by atoms with Gasteiger partial charge < -0.3 is 20.0 Å². The lowest BCUT2D eigenvalue weighted by Crippen LogP contribution is -2.40. The number of oxazole rings is 1. The third-order valence-corrected chi connectivity index (χ3v) is 5.04. The first-order valence-electron chi connectivity index (χ1n) is 9.86. The maximum Gasteiger partial charge on any atom is 0.213 e. The summed E-state index contributed by atoms with van der Waals surface area (Å²) in [4.78, 5) is 10.6. The van der Waals surface area contributed by atoms with E-state index in [9.17, 15) is 8.78 Å². The number of guanidine groups is 1. The number of nitrogens with one attached hydrogen (secondary N) is 2. The number of nitrogens with zero attached hydrogens (tertiary/aromatic N) is 3. The van der Waals surface area contributed by atoms with Crippen molar-refractivity contribution in [3.8, 4) is 0 Å². The van der Waals surface area contributed by atoms with Crippen LogP contribution >= 0.6 is 24.0 Å². The first kappa shape index (κ1) is 24.4. The van der Waals surface area contributed by atoms with E-state index in [0.29, 0.717) is 30.0 Å². The molecule has 30 heavy (non-hydrogen) atoms. The lowest BCUT2D eigenvalue weighted by molar-refractivity contribution is 0.379. The topological polar surface area (TPSA) is 65.7 Å². The molecule has 1 saturated heterocycles. The largest absolute Gasteiger partial charge is 0.443 e. The number of hydrogen-bond acceptors (Lipinski definition) is 4. The van der Waals surface area contributed by atoms with Gasteiger partial charge in [0.15, 0.2) is 17.6 Å². The van der Waals surface area contributed by atoms with Gasteiger partial charge in [-0.2, -0.15) is 0 Å².